The molecule has 1 heterocycles. The van der Waals surface area contributed by atoms with Crippen LogP contribution in [0.15, 0.2) is 194 Å². The first kappa shape index (κ1) is 30.8. The summed E-state index contributed by atoms with van der Waals surface area (Å²) >= 11 is 0. The van der Waals surface area contributed by atoms with Gasteiger partial charge < -0.3 is 4.74 Å². The molecule has 262 valence electrons. The van der Waals surface area contributed by atoms with Gasteiger partial charge in [0.25, 0.3) is 0 Å². The van der Waals surface area contributed by atoms with Gasteiger partial charge in [-0.2, -0.15) is 0 Å². The van der Waals surface area contributed by atoms with Crippen LogP contribution in [0.25, 0.3) is 120 Å². The molecule has 0 aliphatic carbocycles. The molecule has 1 aliphatic heterocycles. The van der Waals surface area contributed by atoms with Crippen LogP contribution in [-0.2, 0) is 0 Å². The summed E-state index contributed by atoms with van der Waals surface area (Å²) in [6.07, 6.45) is 0. The van der Waals surface area contributed by atoms with Gasteiger partial charge in [-0.05, 0) is 134 Å². The molecule has 1 nitrogen and oxygen atoms in total. The fourth-order valence-electron chi connectivity index (χ4n) is 10.1. The minimum atomic E-state index is 0.895. The zero-order valence-corrected chi connectivity index (χ0v) is 30.9. The van der Waals surface area contributed by atoms with Crippen molar-refractivity contribution in [2.45, 2.75) is 0 Å². The van der Waals surface area contributed by atoms with E-state index in [1.807, 2.05) is 0 Å². The van der Waals surface area contributed by atoms with Crippen LogP contribution >= 0.6 is 0 Å². The van der Waals surface area contributed by atoms with Gasteiger partial charge in [-0.15, -0.1) is 0 Å². The van der Waals surface area contributed by atoms with Gasteiger partial charge in [0.1, 0.15) is 11.5 Å². The van der Waals surface area contributed by atoms with Crippen LogP contribution in [0.4, 0.5) is 0 Å². The molecule has 13 rings (SSSR count). The number of ether oxygens (including phenoxy) is 1. The Balaban J connectivity index is 1.13. The van der Waals surface area contributed by atoms with Gasteiger partial charge in [-0.3, -0.25) is 0 Å². The van der Waals surface area contributed by atoms with E-state index < -0.39 is 0 Å². The lowest BCUT2D eigenvalue weighted by atomic mass is 9.83. The zero-order valence-electron chi connectivity index (χ0n) is 30.9. The second-order valence-electron chi connectivity index (χ2n) is 15.5. The maximum Gasteiger partial charge on any atom is 0.143 e. The molecule has 1 heteroatoms. The van der Waals surface area contributed by atoms with Crippen LogP contribution in [0.3, 0.4) is 0 Å². The highest BCUT2D eigenvalue weighted by atomic mass is 16.5. The number of rotatable bonds is 2. The average molecular weight is 721 g/mol. The Kier molecular flexibility index (Phi) is 6.23. The quantitative estimate of drug-likeness (QED) is 0.128. The number of benzene rings is 12. The lowest BCUT2D eigenvalue weighted by Crippen LogP contribution is -2.00. The minimum Gasteiger partial charge on any atom is -0.455 e. The van der Waals surface area contributed by atoms with Crippen molar-refractivity contribution >= 4 is 86.2 Å². The van der Waals surface area contributed by atoms with Gasteiger partial charge >= 0.3 is 0 Å². The summed E-state index contributed by atoms with van der Waals surface area (Å²) in [5, 5.41) is 19.7. The molecule has 0 N–H and O–H groups in total. The second kappa shape index (κ2) is 11.5. The summed E-state index contributed by atoms with van der Waals surface area (Å²) in [6.45, 7) is 0. The molecule has 0 spiro atoms. The Bertz CT molecular complexity index is 3720. The molecule has 0 amide bonds. The molecule has 12 aromatic rings. The summed E-state index contributed by atoms with van der Waals surface area (Å²) in [6, 6.07) is 71.6. The van der Waals surface area contributed by atoms with Gasteiger partial charge in [-0.1, -0.05) is 164 Å². The lowest BCUT2D eigenvalue weighted by molar-refractivity contribution is 0.493. The summed E-state index contributed by atoms with van der Waals surface area (Å²) in [5.41, 5.74) is 7.27. The predicted octanol–water partition coefficient (Wildman–Crippen LogP) is 16.0. The molecule has 0 unspecified atom stereocenters. The first-order valence-corrected chi connectivity index (χ1v) is 19.8. The standard InChI is InChI=1S/C56H32O/c1-5-16-37-33(12-1)24-26-45-48(37)30-35-14-3-7-18-39(35)53(45)44-28-29-52-55-42(44)22-11-23-43(55)51-32-50(41-20-9-10-21-47(41)56(51)57-52)54-40-19-8-4-15-36(40)31-49-38-17-6-2-13-34(38)25-27-46(49)54/h1-32H. The van der Waals surface area contributed by atoms with Crippen molar-refractivity contribution in [1.29, 1.82) is 0 Å². The van der Waals surface area contributed by atoms with Crippen LogP contribution in [0.2, 0.25) is 0 Å². The minimum absolute atomic E-state index is 0.895. The highest BCUT2D eigenvalue weighted by molar-refractivity contribution is 6.26. The molecule has 57 heavy (non-hydrogen) atoms. The molecular weight excluding hydrogens is 689 g/mol. The Hall–Kier alpha value is -7.48. The van der Waals surface area contributed by atoms with E-state index in [9.17, 15) is 0 Å². The third kappa shape index (κ3) is 4.29. The maximum atomic E-state index is 7.11. The van der Waals surface area contributed by atoms with Crippen molar-refractivity contribution < 1.29 is 4.74 Å². The topological polar surface area (TPSA) is 9.23 Å². The van der Waals surface area contributed by atoms with Crippen LogP contribution in [0.5, 0.6) is 11.5 Å². The summed E-state index contributed by atoms with van der Waals surface area (Å²) < 4.78 is 7.11. The lowest BCUT2D eigenvalue weighted by Gasteiger charge is -2.26. The number of fused-ring (bicyclic) bond motifs is 12. The fraction of sp³-hybridized carbons (Fsp3) is 0. The van der Waals surface area contributed by atoms with E-state index in [2.05, 4.69) is 194 Å². The van der Waals surface area contributed by atoms with Crippen LogP contribution in [-0.4, -0.2) is 0 Å². The van der Waals surface area contributed by atoms with Crippen LogP contribution in [0.1, 0.15) is 0 Å². The highest BCUT2D eigenvalue weighted by Crippen LogP contribution is 2.55. The normalized spacial score (nSPS) is 12.4. The predicted molar refractivity (Wildman–Crippen MR) is 243 cm³/mol. The smallest absolute Gasteiger partial charge is 0.143 e. The Morgan fingerprint density at radius 2 is 0.754 bits per heavy atom. The van der Waals surface area contributed by atoms with E-state index in [4.69, 9.17) is 4.74 Å². The zero-order chi connectivity index (χ0) is 37.2. The SMILES string of the molecule is c1ccc2c(-c3cc4c(c5ccccc35)Oc3ccc(-c5c6ccccc6cc6c5ccc5ccccc56)c5cccc-4c35)c3ccc4ccccc4c3cc2c1. The van der Waals surface area contributed by atoms with Gasteiger partial charge in [0.2, 0.25) is 0 Å². The molecule has 12 aromatic carbocycles. The van der Waals surface area contributed by atoms with Crippen molar-refractivity contribution in [3.63, 3.8) is 0 Å². The Labute approximate surface area is 328 Å². The first-order chi connectivity index (χ1) is 28.3. The molecule has 0 bridgehead atoms. The van der Waals surface area contributed by atoms with E-state index >= 15 is 0 Å². The Morgan fingerprint density at radius 3 is 1.39 bits per heavy atom. The van der Waals surface area contributed by atoms with E-state index in [-0.39, 0.29) is 0 Å². The number of hydrogen-bond donors (Lipinski definition) is 0. The van der Waals surface area contributed by atoms with E-state index in [0.717, 1.165) is 27.8 Å². The molecule has 0 saturated heterocycles. The Morgan fingerprint density at radius 1 is 0.246 bits per heavy atom. The van der Waals surface area contributed by atoms with Gasteiger partial charge in [0.15, 0.2) is 0 Å². The van der Waals surface area contributed by atoms with Crippen LogP contribution in [0, 0.1) is 0 Å². The van der Waals surface area contributed by atoms with Crippen molar-refractivity contribution in [2.75, 3.05) is 0 Å². The third-order valence-electron chi connectivity index (χ3n) is 12.6. The van der Waals surface area contributed by atoms with Crippen molar-refractivity contribution in [2.24, 2.45) is 0 Å². The van der Waals surface area contributed by atoms with E-state index in [1.165, 1.54) is 103 Å². The van der Waals surface area contributed by atoms with Crippen LogP contribution < -0.4 is 4.74 Å². The molecule has 0 saturated carbocycles. The maximum absolute atomic E-state index is 7.11. The van der Waals surface area contributed by atoms with Crippen molar-refractivity contribution in [1.82, 2.24) is 0 Å². The molecule has 0 atom stereocenters. The summed E-state index contributed by atoms with van der Waals surface area (Å²) in [7, 11) is 0. The molecule has 0 radical (unpaired) electrons. The fourth-order valence-corrected chi connectivity index (χ4v) is 10.1. The first-order valence-electron chi connectivity index (χ1n) is 19.8. The molecular formula is C56H32O. The number of hydrogen-bond acceptors (Lipinski definition) is 1. The average Bonchev–Trinajstić information content (AvgIpc) is 3.27. The molecule has 0 aromatic heterocycles. The van der Waals surface area contributed by atoms with Gasteiger partial charge in [-0.25, -0.2) is 0 Å². The second-order valence-corrected chi connectivity index (χ2v) is 15.5. The molecule has 1 aliphatic rings. The third-order valence-corrected chi connectivity index (χ3v) is 12.6. The summed E-state index contributed by atoms with van der Waals surface area (Å²) in [5.74, 6) is 1.81. The van der Waals surface area contributed by atoms with Crippen molar-refractivity contribution in [3.8, 4) is 44.9 Å². The van der Waals surface area contributed by atoms with Gasteiger partial charge in [0, 0.05) is 16.3 Å². The largest absolute Gasteiger partial charge is 0.455 e. The van der Waals surface area contributed by atoms with E-state index in [0.29, 0.717) is 0 Å². The molecule has 0 fully saturated rings. The van der Waals surface area contributed by atoms with Gasteiger partial charge in [0.05, 0.1) is 0 Å². The monoisotopic (exact) mass is 720 g/mol. The highest BCUT2D eigenvalue weighted by Gasteiger charge is 2.27. The van der Waals surface area contributed by atoms with Crippen molar-refractivity contribution in [3.05, 3.63) is 194 Å². The van der Waals surface area contributed by atoms with E-state index in [1.54, 1.807) is 0 Å². The summed E-state index contributed by atoms with van der Waals surface area (Å²) in [4.78, 5) is 0.